The van der Waals surface area contributed by atoms with Crippen LogP contribution in [0.25, 0.3) is 0 Å². The van der Waals surface area contributed by atoms with E-state index < -0.39 is 0 Å². The number of ether oxygens (including phenoxy) is 1. The molecule has 0 saturated carbocycles. The SMILES string of the molecule is CCCN(CCC)C(=O)CCCC(=O)N1CCC(Cc2ccc(OC)cc2)CC1. The van der Waals surface area contributed by atoms with Crippen LogP contribution in [0.2, 0.25) is 0 Å². The molecule has 29 heavy (non-hydrogen) atoms. The second-order valence-electron chi connectivity index (χ2n) is 8.11. The van der Waals surface area contributed by atoms with Gasteiger partial charge in [0.05, 0.1) is 7.11 Å². The molecule has 5 heteroatoms. The van der Waals surface area contributed by atoms with E-state index in [1.54, 1.807) is 7.11 Å². The van der Waals surface area contributed by atoms with Gasteiger partial charge in [-0.1, -0.05) is 26.0 Å². The second-order valence-corrected chi connectivity index (χ2v) is 8.11. The molecule has 1 heterocycles. The summed E-state index contributed by atoms with van der Waals surface area (Å²) < 4.78 is 5.22. The lowest BCUT2D eigenvalue weighted by atomic mass is 9.90. The highest BCUT2D eigenvalue weighted by molar-refractivity contribution is 5.79. The van der Waals surface area contributed by atoms with Crippen LogP contribution >= 0.6 is 0 Å². The summed E-state index contributed by atoms with van der Waals surface area (Å²) in [6.07, 6.45) is 6.76. The van der Waals surface area contributed by atoms with Gasteiger partial charge in [-0.15, -0.1) is 0 Å². The third kappa shape index (κ3) is 7.71. The van der Waals surface area contributed by atoms with Crippen molar-refractivity contribution in [1.82, 2.24) is 9.80 Å². The predicted octanol–water partition coefficient (Wildman–Crippen LogP) is 4.30. The number of benzene rings is 1. The number of piperidine rings is 1. The Balaban J connectivity index is 1.68. The molecule has 2 rings (SSSR count). The fraction of sp³-hybridized carbons (Fsp3) is 0.667. The van der Waals surface area contributed by atoms with E-state index in [2.05, 4.69) is 26.0 Å². The van der Waals surface area contributed by atoms with Crippen molar-refractivity contribution in [3.63, 3.8) is 0 Å². The minimum absolute atomic E-state index is 0.194. The second kappa shape index (κ2) is 12.5. The topological polar surface area (TPSA) is 49.9 Å². The monoisotopic (exact) mass is 402 g/mol. The quantitative estimate of drug-likeness (QED) is 0.555. The third-order valence-corrected chi connectivity index (χ3v) is 5.77. The molecule has 0 radical (unpaired) electrons. The Labute approximate surface area is 176 Å². The average Bonchev–Trinajstić information content (AvgIpc) is 2.74. The molecule has 2 amide bonds. The summed E-state index contributed by atoms with van der Waals surface area (Å²) in [7, 11) is 1.68. The zero-order valence-electron chi connectivity index (χ0n) is 18.5. The Kier molecular flexibility index (Phi) is 10.0. The van der Waals surface area contributed by atoms with Crippen LogP contribution in [-0.4, -0.2) is 54.9 Å². The third-order valence-electron chi connectivity index (χ3n) is 5.77. The lowest BCUT2D eigenvalue weighted by Gasteiger charge is -2.32. The van der Waals surface area contributed by atoms with Crippen LogP contribution in [0.5, 0.6) is 5.75 Å². The zero-order chi connectivity index (χ0) is 21.1. The van der Waals surface area contributed by atoms with Crippen LogP contribution < -0.4 is 4.74 Å². The molecule has 162 valence electrons. The molecule has 5 nitrogen and oxygen atoms in total. The molecule has 1 aliphatic heterocycles. The molecule has 1 aliphatic rings. The van der Waals surface area contributed by atoms with Crippen molar-refractivity contribution in [2.45, 2.75) is 65.2 Å². The largest absolute Gasteiger partial charge is 0.497 e. The van der Waals surface area contributed by atoms with E-state index in [9.17, 15) is 9.59 Å². The van der Waals surface area contributed by atoms with Crippen LogP contribution in [0, 0.1) is 5.92 Å². The van der Waals surface area contributed by atoms with Crippen molar-refractivity contribution in [1.29, 1.82) is 0 Å². The number of amides is 2. The highest BCUT2D eigenvalue weighted by Gasteiger charge is 2.23. The lowest BCUT2D eigenvalue weighted by Crippen LogP contribution is -2.39. The van der Waals surface area contributed by atoms with Crippen molar-refractivity contribution >= 4 is 11.8 Å². The van der Waals surface area contributed by atoms with Crippen LogP contribution in [0.15, 0.2) is 24.3 Å². The van der Waals surface area contributed by atoms with Crippen LogP contribution in [0.1, 0.15) is 64.4 Å². The molecule has 0 atom stereocenters. The van der Waals surface area contributed by atoms with E-state index in [1.807, 2.05) is 21.9 Å². The van der Waals surface area contributed by atoms with Gasteiger partial charge in [0.1, 0.15) is 5.75 Å². The standard InChI is InChI=1S/C24H38N2O3/c1-4-15-25(16-5-2)23(27)7-6-8-24(28)26-17-13-21(14-18-26)19-20-9-11-22(29-3)12-10-20/h9-12,21H,4-8,13-19H2,1-3H3. The summed E-state index contributed by atoms with van der Waals surface area (Å²) in [5.41, 5.74) is 1.33. The Hall–Kier alpha value is -2.04. The molecular formula is C24H38N2O3. The number of hydrogen-bond acceptors (Lipinski definition) is 3. The molecule has 1 aromatic carbocycles. The van der Waals surface area contributed by atoms with Crippen molar-refractivity contribution in [3.8, 4) is 5.75 Å². The molecule has 0 unspecified atom stereocenters. The molecule has 1 saturated heterocycles. The van der Waals surface area contributed by atoms with E-state index in [4.69, 9.17) is 4.74 Å². The first kappa shape index (κ1) is 23.2. The Morgan fingerprint density at radius 3 is 2.21 bits per heavy atom. The highest BCUT2D eigenvalue weighted by atomic mass is 16.5. The zero-order valence-corrected chi connectivity index (χ0v) is 18.5. The number of rotatable bonds is 11. The van der Waals surface area contributed by atoms with E-state index >= 15 is 0 Å². The van der Waals surface area contributed by atoms with Crippen molar-refractivity contribution in [2.75, 3.05) is 33.3 Å². The van der Waals surface area contributed by atoms with Gasteiger partial charge in [0, 0.05) is 39.0 Å². The van der Waals surface area contributed by atoms with Crippen LogP contribution in [0.3, 0.4) is 0 Å². The number of hydrogen-bond donors (Lipinski definition) is 0. The number of methoxy groups -OCH3 is 1. The van der Waals surface area contributed by atoms with Gasteiger partial charge >= 0.3 is 0 Å². The number of carbonyl (C=O) groups is 2. The first-order valence-electron chi connectivity index (χ1n) is 11.3. The fourth-order valence-corrected chi connectivity index (χ4v) is 4.09. The van der Waals surface area contributed by atoms with E-state index in [1.165, 1.54) is 5.56 Å². The molecule has 0 aromatic heterocycles. The molecule has 0 bridgehead atoms. The predicted molar refractivity (Wildman–Crippen MR) is 117 cm³/mol. The summed E-state index contributed by atoms with van der Waals surface area (Å²) in [6, 6.07) is 8.29. The van der Waals surface area contributed by atoms with Gasteiger partial charge in [-0.3, -0.25) is 9.59 Å². The van der Waals surface area contributed by atoms with Gasteiger partial charge in [0.2, 0.25) is 11.8 Å². The van der Waals surface area contributed by atoms with Gasteiger partial charge in [-0.25, -0.2) is 0 Å². The Morgan fingerprint density at radius 2 is 1.66 bits per heavy atom. The summed E-state index contributed by atoms with van der Waals surface area (Å²) in [5.74, 6) is 1.92. The number of nitrogens with zero attached hydrogens (tertiary/aromatic N) is 2. The highest BCUT2D eigenvalue weighted by Crippen LogP contribution is 2.23. The van der Waals surface area contributed by atoms with Crippen LogP contribution in [-0.2, 0) is 16.0 Å². The maximum Gasteiger partial charge on any atom is 0.222 e. The van der Waals surface area contributed by atoms with Crippen LogP contribution in [0.4, 0.5) is 0 Å². The lowest BCUT2D eigenvalue weighted by molar-refractivity contribution is -0.133. The molecule has 0 aliphatic carbocycles. The summed E-state index contributed by atoms with van der Waals surface area (Å²) in [4.78, 5) is 28.8. The molecule has 0 spiro atoms. The van der Waals surface area contributed by atoms with Gasteiger partial charge < -0.3 is 14.5 Å². The average molecular weight is 403 g/mol. The first-order valence-corrected chi connectivity index (χ1v) is 11.3. The number of carbonyl (C=O) groups excluding carboxylic acids is 2. The fourth-order valence-electron chi connectivity index (χ4n) is 4.09. The Bertz CT molecular complexity index is 616. The maximum absolute atomic E-state index is 12.5. The molecular weight excluding hydrogens is 364 g/mol. The summed E-state index contributed by atoms with van der Waals surface area (Å²) in [5, 5.41) is 0. The molecule has 1 fully saturated rings. The molecule has 1 aromatic rings. The van der Waals surface area contributed by atoms with Crippen molar-refractivity contribution in [2.24, 2.45) is 5.92 Å². The van der Waals surface area contributed by atoms with Crippen molar-refractivity contribution in [3.05, 3.63) is 29.8 Å². The summed E-state index contributed by atoms with van der Waals surface area (Å²) in [6.45, 7) is 7.51. The normalized spacial score (nSPS) is 14.7. The minimum atomic E-state index is 0.194. The van der Waals surface area contributed by atoms with Gasteiger partial charge in [-0.05, 0) is 62.1 Å². The maximum atomic E-state index is 12.5. The first-order chi connectivity index (χ1) is 14.1. The Morgan fingerprint density at radius 1 is 1.03 bits per heavy atom. The smallest absolute Gasteiger partial charge is 0.222 e. The minimum Gasteiger partial charge on any atom is -0.497 e. The van der Waals surface area contributed by atoms with E-state index in [-0.39, 0.29) is 11.8 Å². The summed E-state index contributed by atoms with van der Waals surface area (Å²) >= 11 is 0. The van der Waals surface area contributed by atoms with Gasteiger partial charge in [0.15, 0.2) is 0 Å². The van der Waals surface area contributed by atoms with Gasteiger partial charge in [0.25, 0.3) is 0 Å². The molecule has 0 N–H and O–H groups in total. The van der Waals surface area contributed by atoms with Crippen molar-refractivity contribution < 1.29 is 14.3 Å². The van der Waals surface area contributed by atoms with E-state index in [0.29, 0.717) is 25.2 Å². The van der Waals surface area contributed by atoms with Gasteiger partial charge in [-0.2, -0.15) is 0 Å². The van der Waals surface area contributed by atoms with E-state index in [0.717, 1.165) is 64.0 Å². The number of likely N-dealkylation sites (tertiary alicyclic amines) is 1.